The fourth-order valence-electron chi connectivity index (χ4n) is 5.98. The Morgan fingerprint density at radius 1 is 0.653 bits per heavy atom. The molecule has 0 N–H and O–H groups in total. The summed E-state index contributed by atoms with van der Waals surface area (Å²) in [5, 5.41) is 0. The van der Waals surface area contributed by atoms with Crippen LogP contribution in [-0.2, 0) is 19.0 Å². The number of rotatable bonds is 5. The van der Waals surface area contributed by atoms with Crippen LogP contribution in [0, 0.1) is 12.8 Å². The minimum absolute atomic E-state index is 0.00975. The van der Waals surface area contributed by atoms with E-state index in [-0.39, 0.29) is 57.7 Å². The summed E-state index contributed by atoms with van der Waals surface area (Å²) in [6, 6.07) is 19.5. The number of pyridine rings is 2. The van der Waals surface area contributed by atoms with E-state index in [0.29, 0.717) is 23.1 Å². The Morgan fingerprint density at radius 2 is 1.20 bits per heavy atom. The topological polar surface area (TPSA) is 94.1 Å². The van der Waals surface area contributed by atoms with Crippen molar-refractivity contribution in [1.82, 2.24) is 9.97 Å². The van der Waals surface area contributed by atoms with Gasteiger partial charge in [-0.1, -0.05) is 68.4 Å². The van der Waals surface area contributed by atoms with Crippen LogP contribution < -0.4 is 0 Å². The molecule has 2 heterocycles. The number of alkyl halides is 3. The summed E-state index contributed by atoms with van der Waals surface area (Å²) in [5.74, 6) is -0.499. The number of nitrogens with zero attached hydrogens (tertiary/aromatic N) is 2. The number of hydrogen-bond donors (Lipinski definition) is 0. The number of hydrogen-bond acceptors (Lipinski definition) is 6. The molecule has 49 heavy (non-hydrogen) atoms. The third-order valence-electron chi connectivity index (χ3n) is 8.60. The molecule has 0 unspecified atom stereocenters. The second kappa shape index (κ2) is 14.4. The van der Waals surface area contributed by atoms with Crippen LogP contribution in [0.5, 0.6) is 0 Å². The maximum Gasteiger partial charge on any atom is 0.418 e. The summed E-state index contributed by atoms with van der Waals surface area (Å²) >= 11 is 0. The van der Waals surface area contributed by atoms with Crippen LogP contribution >= 0.6 is 0 Å². The summed E-state index contributed by atoms with van der Waals surface area (Å²) in [7, 11) is 0. The first kappa shape index (κ1) is 35.0. The van der Waals surface area contributed by atoms with Gasteiger partial charge in [-0.3, -0.25) is 29.1 Å². The molecule has 0 spiro atoms. The molecule has 1 saturated carbocycles. The van der Waals surface area contributed by atoms with Gasteiger partial charge in [0.1, 0.15) is 0 Å². The van der Waals surface area contributed by atoms with Crippen molar-refractivity contribution in [1.29, 1.82) is 0 Å². The van der Waals surface area contributed by atoms with Gasteiger partial charge in [-0.15, -0.1) is 0 Å². The smallest absolute Gasteiger partial charge is 0.289 e. The zero-order valence-corrected chi connectivity index (χ0v) is 27.6. The van der Waals surface area contributed by atoms with Gasteiger partial charge >= 0.3 is 6.18 Å². The summed E-state index contributed by atoms with van der Waals surface area (Å²) in [5.41, 5.74) is 3.94. The first-order valence-corrected chi connectivity index (χ1v) is 16.2. The standard InChI is InChI=1S/C20H17NO2.C18H12F3NO2.C2H6/c1-12-6-9-14(21-11-12)10-17-18(13-7-8-13)20(23)16-5-3-2-4-15(16)19(17)22;1-10-13(9-15-14(18(19,20)21)7-4-8-22-15)17(24)12-6-3-2-5-11(12)16(10)23;1-2/h2-6,9,11,13H,7-8,10H2,1H3;2-8H,9H2,1H3;1-2H3. The van der Waals surface area contributed by atoms with E-state index in [1.165, 1.54) is 31.3 Å². The number of carbonyl (C=O) groups is 4. The molecule has 3 aliphatic rings. The lowest BCUT2D eigenvalue weighted by atomic mass is 9.80. The quantitative estimate of drug-likeness (QED) is 0.212. The van der Waals surface area contributed by atoms with Crippen molar-refractivity contribution in [3.8, 4) is 0 Å². The van der Waals surface area contributed by atoms with E-state index in [1.807, 2.05) is 45.0 Å². The normalized spacial score (nSPS) is 15.6. The van der Waals surface area contributed by atoms with Crippen LogP contribution in [0.3, 0.4) is 0 Å². The Labute approximate surface area is 282 Å². The van der Waals surface area contributed by atoms with Crippen LogP contribution in [0.25, 0.3) is 0 Å². The Bertz CT molecular complexity index is 2020. The van der Waals surface area contributed by atoms with E-state index in [2.05, 4.69) is 9.97 Å². The third-order valence-corrected chi connectivity index (χ3v) is 8.60. The Balaban J connectivity index is 0.000000182. The lowest BCUT2D eigenvalue weighted by molar-refractivity contribution is -0.138. The molecule has 0 bridgehead atoms. The van der Waals surface area contributed by atoms with Gasteiger partial charge in [-0.2, -0.15) is 13.2 Å². The fraction of sp³-hybridized carbons (Fsp3) is 0.250. The van der Waals surface area contributed by atoms with E-state index < -0.39 is 17.5 Å². The summed E-state index contributed by atoms with van der Waals surface area (Å²) in [6.45, 7) is 7.44. The van der Waals surface area contributed by atoms with E-state index >= 15 is 0 Å². The van der Waals surface area contributed by atoms with Gasteiger partial charge in [0.2, 0.25) is 0 Å². The van der Waals surface area contributed by atoms with Crippen LogP contribution in [0.15, 0.2) is 107 Å². The van der Waals surface area contributed by atoms with E-state index in [0.717, 1.165) is 35.7 Å². The van der Waals surface area contributed by atoms with E-state index in [9.17, 15) is 32.3 Å². The minimum atomic E-state index is -4.57. The summed E-state index contributed by atoms with van der Waals surface area (Å²) in [4.78, 5) is 59.0. The highest BCUT2D eigenvalue weighted by Gasteiger charge is 2.40. The molecule has 9 heteroatoms. The van der Waals surface area contributed by atoms with Crippen LogP contribution in [0.2, 0.25) is 0 Å². The number of carbonyl (C=O) groups excluding carboxylic acids is 4. The van der Waals surface area contributed by atoms with Gasteiger partial charge in [0.05, 0.1) is 11.3 Å². The number of ketones is 4. The van der Waals surface area contributed by atoms with Gasteiger partial charge in [-0.05, 0) is 56.4 Å². The maximum atomic E-state index is 13.1. The van der Waals surface area contributed by atoms with Gasteiger partial charge in [-0.25, -0.2) is 0 Å². The number of benzene rings is 2. The van der Waals surface area contributed by atoms with Crippen LogP contribution in [0.1, 0.15) is 97.6 Å². The van der Waals surface area contributed by atoms with Crippen molar-refractivity contribution in [2.75, 3.05) is 0 Å². The van der Waals surface area contributed by atoms with Crippen LogP contribution in [0.4, 0.5) is 13.2 Å². The zero-order chi connectivity index (χ0) is 35.5. The maximum absolute atomic E-state index is 13.1. The highest BCUT2D eigenvalue weighted by atomic mass is 19.4. The average molecular weight is 665 g/mol. The second-order valence-electron chi connectivity index (χ2n) is 11.9. The highest BCUT2D eigenvalue weighted by molar-refractivity contribution is 6.28. The molecule has 0 radical (unpaired) electrons. The molecular formula is C40H35F3N2O4. The van der Waals surface area contributed by atoms with Crippen molar-refractivity contribution < 1.29 is 32.3 Å². The Kier molecular flexibility index (Phi) is 10.3. The second-order valence-corrected chi connectivity index (χ2v) is 11.9. The van der Waals surface area contributed by atoms with Gasteiger partial charge in [0.25, 0.3) is 0 Å². The first-order chi connectivity index (χ1) is 23.5. The number of allylic oxidation sites excluding steroid dienone is 4. The molecular weight excluding hydrogens is 629 g/mol. The number of halogens is 3. The van der Waals surface area contributed by atoms with Crippen molar-refractivity contribution in [3.05, 3.63) is 152 Å². The molecule has 6 nitrogen and oxygen atoms in total. The van der Waals surface area contributed by atoms with Crippen LogP contribution in [-0.4, -0.2) is 33.1 Å². The summed E-state index contributed by atoms with van der Waals surface area (Å²) in [6.07, 6.45) is 0.575. The first-order valence-electron chi connectivity index (χ1n) is 16.2. The fourth-order valence-corrected chi connectivity index (χ4v) is 5.98. The number of Topliss-reactive ketones (excluding diaryl/α,β-unsaturated/α-hetero) is 4. The van der Waals surface area contributed by atoms with Gasteiger partial charge < -0.3 is 0 Å². The van der Waals surface area contributed by atoms with Gasteiger partial charge in [0, 0.05) is 75.5 Å². The highest BCUT2D eigenvalue weighted by Crippen LogP contribution is 2.43. The number of fused-ring (bicyclic) bond motifs is 2. The van der Waals surface area contributed by atoms with E-state index in [1.54, 1.807) is 30.5 Å². The number of aromatic nitrogens is 2. The molecule has 3 aliphatic carbocycles. The molecule has 0 aliphatic heterocycles. The molecule has 4 aromatic rings. The lowest BCUT2D eigenvalue weighted by Gasteiger charge is -2.21. The predicted molar refractivity (Wildman–Crippen MR) is 180 cm³/mol. The average Bonchev–Trinajstić information content (AvgIpc) is 3.95. The molecule has 2 aromatic heterocycles. The zero-order valence-electron chi connectivity index (χ0n) is 27.6. The lowest BCUT2D eigenvalue weighted by Crippen LogP contribution is -2.24. The van der Waals surface area contributed by atoms with Gasteiger partial charge in [0.15, 0.2) is 23.1 Å². The molecule has 1 fully saturated rings. The predicted octanol–water partition coefficient (Wildman–Crippen LogP) is 8.78. The number of aryl methyl sites for hydroxylation is 1. The summed E-state index contributed by atoms with van der Waals surface area (Å²) < 4.78 is 39.3. The molecule has 250 valence electrons. The molecule has 7 rings (SSSR count). The molecule has 0 saturated heterocycles. The van der Waals surface area contributed by atoms with Crippen molar-refractivity contribution in [2.24, 2.45) is 5.92 Å². The Morgan fingerprint density at radius 3 is 1.73 bits per heavy atom. The SMILES string of the molecule is CC.CC1=C(Cc2ncccc2C(F)(F)F)C(=O)c2ccccc2C1=O.Cc1ccc(CC2=C(C3CC3)C(=O)c3ccccc3C2=O)nc1. The largest absolute Gasteiger partial charge is 0.418 e. The third kappa shape index (κ3) is 7.26. The Hall–Kier alpha value is -5.31. The van der Waals surface area contributed by atoms with Crippen molar-refractivity contribution in [2.45, 2.75) is 59.6 Å². The minimum Gasteiger partial charge on any atom is -0.289 e. The van der Waals surface area contributed by atoms with Crippen molar-refractivity contribution in [3.63, 3.8) is 0 Å². The van der Waals surface area contributed by atoms with E-state index in [4.69, 9.17) is 0 Å². The molecule has 0 atom stereocenters. The monoisotopic (exact) mass is 664 g/mol. The molecule has 0 amide bonds. The molecule has 2 aromatic carbocycles. The van der Waals surface area contributed by atoms with Crippen molar-refractivity contribution >= 4 is 23.1 Å².